The molecule has 252 valence electrons. The number of hydrogen-bond acceptors (Lipinski definition) is 6. The van der Waals surface area contributed by atoms with Crippen molar-refractivity contribution in [2.24, 2.45) is 11.7 Å². The number of nitrogens with two attached hydrogens (primary N) is 1. The number of likely N-dealkylation sites (tertiary alicyclic amines) is 1. The molecule has 3 aromatic rings. The van der Waals surface area contributed by atoms with Crippen LogP contribution in [0.25, 0.3) is 0 Å². The van der Waals surface area contributed by atoms with Crippen LogP contribution in [-0.2, 0) is 20.5 Å². The number of nitrogens with zero attached hydrogens (tertiary/aromatic N) is 4. The number of nitrogens with one attached hydrogen (secondary N) is 1. The lowest BCUT2D eigenvalue weighted by Crippen LogP contribution is -2.56. The van der Waals surface area contributed by atoms with Crippen molar-refractivity contribution in [3.8, 4) is 0 Å². The molecular formula is C33H32F4N6O5. The summed E-state index contributed by atoms with van der Waals surface area (Å²) >= 11 is 0. The van der Waals surface area contributed by atoms with Crippen LogP contribution >= 0.6 is 0 Å². The van der Waals surface area contributed by atoms with Crippen LogP contribution < -0.4 is 16.0 Å². The van der Waals surface area contributed by atoms with Crippen LogP contribution in [0.1, 0.15) is 75.7 Å². The Morgan fingerprint density at radius 1 is 1.10 bits per heavy atom. The van der Waals surface area contributed by atoms with Gasteiger partial charge in [0.1, 0.15) is 23.7 Å². The van der Waals surface area contributed by atoms with Gasteiger partial charge in [0.2, 0.25) is 5.91 Å². The van der Waals surface area contributed by atoms with E-state index >= 15 is 0 Å². The third kappa shape index (κ3) is 5.29. The lowest BCUT2D eigenvalue weighted by molar-refractivity contribution is -0.137. The summed E-state index contributed by atoms with van der Waals surface area (Å²) in [5.41, 5.74) is 4.89. The summed E-state index contributed by atoms with van der Waals surface area (Å²) in [7, 11) is 0. The number of hydrogen-bond donors (Lipinski definition) is 2. The van der Waals surface area contributed by atoms with E-state index in [1.165, 1.54) is 40.1 Å². The van der Waals surface area contributed by atoms with Crippen molar-refractivity contribution in [3.05, 3.63) is 82.3 Å². The summed E-state index contributed by atoms with van der Waals surface area (Å²) in [6, 6.07) is 6.14. The summed E-state index contributed by atoms with van der Waals surface area (Å²) in [6.07, 6.45) is -3.07. The van der Waals surface area contributed by atoms with Gasteiger partial charge in [0, 0.05) is 36.2 Å². The van der Waals surface area contributed by atoms with E-state index in [9.17, 15) is 36.7 Å². The van der Waals surface area contributed by atoms with Gasteiger partial charge in [-0.15, -0.1) is 0 Å². The minimum atomic E-state index is -4.71. The summed E-state index contributed by atoms with van der Waals surface area (Å²) in [5, 5.41) is 7.43. The first-order valence-corrected chi connectivity index (χ1v) is 15.8. The Morgan fingerprint density at radius 2 is 1.85 bits per heavy atom. The van der Waals surface area contributed by atoms with Crippen LogP contribution in [0.5, 0.6) is 0 Å². The molecular weight excluding hydrogens is 636 g/mol. The average molecular weight is 669 g/mol. The normalized spacial score (nSPS) is 26.3. The van der Waals surface area contributed by atoms with E-state index < -0.39 is 59.2 Å². The largest absolute Gasteiger partial charge is 0.416 e. The number of amides is 4. The number of alkyl halides is 3. The molecule has 1 aromatic heterocycles. The number of carbonyl (C=O) groups excluding carboxylic acids is 4. The van der Waals surface area contributed by atoms with Crippen molar-refractivity contribution in [1.82, 2.24) is 20.0 Å². The zero-order chi connectivity index (χ0) is 34.1. The molecule has 1 unspecified atom stereocenters. The number of benzene rings is 2. The second-order valence-electron chi connectivity index (χ2n) is 12.6. The van der Waals surface area contributed by atoms with E-state index in [-0.39, 0.29) is 48.0 Å². The van der Waals surface area contributed by atoms with Gasteiger partial charge in [-0.1, -0.05) is 18.2 Å². The van der Waals surface area contributed by atoms with Gasteiger partial charge in [0.25, 0.3) is 17.7 Å². The summed E-state index contributed by atoms with van der Waals surface area (Å²) in [5.74, 6) is -4.06. The molecule has 6 atom stereocenters. The number of primary amides is 1. The fraction of sp³-hybridized carbons (Fsp3) is 0.424. The SMILES string of the molecule is CCN1C(=O)[C@@H](NC(=O)c2cccc(C(F)(F)F)c2)[C@@H](c2ccc(F)cc2)c2c(C(=O)N3[C@@H]4C[C@@H]4C[C@H]3C(N)=O)nn(C3CCOC3)c21. The maximum Gasteiger partial charge on any atom is 0.416 e. The predicted octanol–water partition coefficient (Wildman–Crippen LogP) is 3.39. The van der Waals surface area contributed by atoms with Crippen molar-refractivity contribution in [2.75, 3.05) is 24.7 Å². The van der Waals surface area contributed by atoms with Gasteiger partial charge in [-0.05, 0) is 68.0 Å². The van der Waals surface area contributed by atoms with E-state index in [0.717, 1.165) is 12.1 Å². The Balaban J connectivity index is 1.40. The molecule has 4 amide bonds. The van der Waals surface area contributed by atoms with E-state index in [1.807, 2.05) is 0 Å². The van der Waals surface area contributed by atoms with Gasteiger partial charge in [0.05, 0.1) is 18.2 Å². The predicted molar refractivity (Wildman–Crippen MR) is 161 cm³/mol. The fourth-order valence-electron chi connectivity index (χ4n) is 7.37. The maximum absolute atomic E-state index is 14.5. The van der Waals surface area contributed by atoms with E-state index in [2.05, 4.69) is 5.32 Å². The molecule has 1 aliphatic carbocycles. The van der Waals surface area contributed by atoms with Crippen molar-refractivity contribution in [3.63, 3.8) is 0 Å². The van der Waals surface area contributed by atoms with Gasteiger partial charge in [0.15, 0.2) is 5.69 Å². The highest BCUT2D eigenvalue weighted by Crippen LogP contribution is 2.50. The lowest BCUT2D eigenvalue weighted by atomic mass is 9.80. The van der Waals surface area contributed by atoms with Crippen LogP contribution in [0.4, 0.5) is 23.4 Å². The third-order valence-corrected chi connectivity index (χ3v) is 9.76. The first-order valence-electron chi connectivity index (χ1n) is 15.8. The Hall–Kier alpha value is -4.79. The number of rotatable bonds is 7. The van der Waals surface area contributed by atoms with Crippen LogP contribution in [0.3, 0.4) is 0 Å². The monoisotopic (exact) mass is 668 g/mol. The number of carbonyl (C=O) groups is 4. The highest BCUT2D eigenvalue weighted by Gasteiger charge is 2.57. The van der Waals surface area contributed by atoms with Gasteiger partial charge in [-0.2, -0.15) is 18.3 Å². The maximum atomic E-state index is 14.5. The first kappa shape index (κ1) is 31.8. The topological polar surface area (TPSA) is 140 Å². The second-order valence-corrected chi connectivity index (χ2v) is 12.6. The van der Waals surface area contributed by atoms with Crippen LogP contribution in [0, 0.1) is 11.7 Å². The van der Waals surface area contributed by atoms with Gasteiger partial charge >= 0.3 is 6.18 Å². The molecule has 3 aliphatic heterocycles. The molecule has 48 heavy (non-hydrogen) atoms. The molecule has 1 saturated carbocycles. The molecule has 4 heterocycles. The number of aromatic nitrogens is 2. The number of likely N-dealkylation sites (N-methyl/N-ethyl adjacent to an activating group) is 1. The third-order valence-electron chi connectivity index (χ3n) is 9.76. The number of piperidine rings is 1. The smallest absolute Gasteiger partial charge is 0.379 e. The number of ether oxygens (including phenoxy) is 1. The average Bonchev–Trinajstić information content (AvgIpc) is 3.39. The molecule has 3 N–H and O–H groups in total. The molecule has 11 nitrogen and oxygen atoms in total. The summed E-state index contributed by atoms with van der Waals surface area (Å²) in [4.78, 5) is 57.8. The lowest BCUT2D eigenvalue weighted by Gasteiger charge is -2.39. The molecule has 0 spiro atoms. The Morgan fingerprint density at radius 3 is 2.50 bits per heavy atom. The summed E-state index contributed by atoms with van der Waals surface area (Å²) < 4.78 is 62.0. The number of anilines is 1. The Kier molecular flexibility index (Phi) is 7.76. The van der Waals surface area contributed by atoms with Crippen LogP contribution in [0.2, 0.25) is 0 Å². The number of fused-ring (bicyclic) bond motifs is 2. The fourth-order valence-corrected chi connectivity index (χ4v) is 7.37. The molecule has 15 heteroatoms. The van der Waals surface area contributed by atoms with Crippen LogP contribution in [-0.4, -0.2) is 76.2 Å². The van der Waals surface area contributed by atoms with Crippen LogP contribution in [0.15, 0.2) is 48.5 Å². The molecule has 3 fully saturated rings. The summed E-state index contributed by atoms with van der Waals surface area (Å²) in [6.45, 7) is 2.46. The highest BCUT2D eigenvalue weighted by atomic mass is 19.4. The van der Waals surface area contributed by atoms with E-state index in [1.54, 1.807) is 11.6 Å². The molecule has 2 saturated heterocycles. The Labute approximate surface area is 272 Å². The van der Waals surface area contributed by atoms with Crippen molar-refractivity contribution in [1.29, 1.82) is 0 Å². The first-order chi connectivity index (χ1) is 22.9. The van der Waals surface area contributed by atoms with Gasteiger partial charge in [-0.25, -0.2) is 9.07 Å². The van der Waals surface area contributed by atoms with Gasteiger partial charge in [-0.3, -0.25) is 24.1 Å². The Bertz CT molecular complexity index is 1800. The zero-order valence-corrected chi connectivity index (χ0v) is 25.7. The molecule has 2 aromatic carbocycles. The van der Waals surface area contributed by atoms with Gasteiger partial charge < -0.3 is 20.7 Å². The standard InChI is InChI=1S/C33H32F4N6O5/c1-2-41-30-25(27(40-43(30)21-10-11-48-15-21)32(47)42-22-13-18(22)14-23(42)28(38)44)24(16-6-8-20(34)9-7-16)26(31(41)46)39-29(45)17-4-3-5-19(12-17)33(35,36)37/h3-9,12,18,21-24,26H,2,10-11,13-15H2,1H3,(H2,38,44)(H,39,45)/t18-,21?,22-,23+,24+,26+/m1/s1. The van der Waals surface area contributed by atoms with Crippen molar-refractivity contribution >= 4 is 29.4 Å². The number of halogens is 4. The van der Waals surface area contributed by atoms with Crippen molar-refractivity contribution < 1.29 is 41.5 Å². The van der Waals surface area contributed by atoms with Crippen molar-refractivity contribution in [2.45, 2.75) is 62.4 Å². The minimum Gasteiger partial charge on any atom is -0.379 e. The molecule has 0 radical (unpaired) electrons. The molecule has 7 rings (SSSR count). The highest BCUT2D eigenvalue weighted by molar-refractivity contribution is 6.08. The minimum absolute atomic E-state index is 0.0608. The van der Waals surface area contributed by atoms with E-state index in [4.69, 9.17) is 15.6 Å². The molecule has 4 aliphatic rings. The quantitative estimate of drug-likeness (QED) is 0.370. The second kappa shape index (κ2) is 11.7. The molecule has 0 bridgehead atoms. The zero-order valence-electron chi connectivity index (χ0n) is 25.7. The van der Waals surface area contributed by atoms with E-state index in [0.29, 0.717) is 43.3 Å².